The molecule has 20 heavy (non-hydrogen) atoms. The highest BCUT2D eigenvalue weighted by atomic mass is 16.2. The molecule has 116 valence electrons. The number of carbonyl (C=O) groups is 1. The summed E-state index contributed by atoms with van der Waals surface area (Å²) in [6.07, 6.45) is 4.27. The molecule has 2 rings (SSSR count). The van der Waals surface area contributed by atoms with Gasteiger partial charge in [0.2, 0.25) is 5.91 Å². The number of nitrogens with zero attached hydrogens (tertiary/aromatic N) is 2. The predicted molar refractivity (Wildman–Crippen MR) is 82.4 cm³/mol. The molecule has 4 unspecified atom stereocenters. The van der Waals surface area contributed by atoms with Crippen LogP contribution in [-0.4, -0.2) is 54.0 Å². The summed E-state index contributed by atoms with van der Waals surface area (Å²) < 4.78 is 0. The Bertz CT molecular complexity index is 330. The highest BCUT2D eigenvalue weighted by Crippen LogP contribution is 2.30. The van der Waals surface area contributed by atoms with Gasteiger partial charge in [-0.1, -0.05) is 20.8 Å². The number of likely N-dealkylation sites (tertiary alicyclic amines) is 1. The van der Waals surface area contributed by atoms with Crippen molar-refractivity contribution < 1.29 is 4.79 Å². The normalized spacial score (nSPS) is 34.8. The molecule has 4 atom stereocenters. The first-order valence-corrected chi connectivity index (χ1v) is 8.35. The van der Waals surface area contributed by atoms with Gasteiger partial charge in [0.15, 0.2) is 0 Å². The lowest BCUT2D eigenvalue weighted by Gasteiger charge is -2.34. The smallest absolute Gasteiger partial charge is 0.227 e. The molecule has 1 amide bonds. The van der Waals surface area contributed by atoms with E-state index in [0.717, 1.165) is 45.4 Å². The third-order valence-electron chi connectivity index (χ3n) is 5.29. The second-order valence-electron chi connectivity index (χ2n) is 6.64. The molecule has 0 aromatic rings. The zero-order valence-corrected chi connectivity index (χ0v) is 13.3. The zero-order chi connectivity index (χ0) is 14.7. The van der Waals surface area contributed by atoms with Gasteiger partial charge < -0.3 is 10.6 Å². The van der Waals surface area contributed by atoms with E-state index in [1.165, 1.54) is 6.42 Å². The Balaban J connectivity index is 1.93. The van der Waals surface area contributed by atoms with Crippen molar-refractivity contribution in [2.45, 2.75) is 58.5 Å². The van der Waals surface area contributed by atoms with Gasteiger partial charge in [-0.2, -0.15) is 0 Å². The minimum Gasteiger partial charge on any atom is -0.341 e. The fourth-order valence-corrected chi connectivity index (χ4v) is 3.90. The van der Waals surface area contributed by atoms with Crippen LogP contribution in [-0.2, 0) is 4.79 Å². The lowest BCUT2D eigenvalue weighted by molar-refractivity contribution is -0.136. The van der Waals surface area contributed by atoms with Crippen molar-refractivity contribution in [3.05, 3.63) is 0 Å². The topological polar surface area (TPSA) is 49.6 Å². The van der Waals surface area contributed by atoms with Gasteiger partial charge in [0.05, 0.1) is 5.92 Å². The third kappa shape index (κ3) is 3.34. The lowest BCUT2D eigenvalue weighted by atomic mass is 9.78. The van der Waals surface area contributed by atoms with Crippen LogP contribution < -0.4 is 5.73 Å². The molecule has 0 bridgehead atoms. The van der Waals surface area contributed by atoms with Crippen LogP contribution in [0.15, 0.2) is 0 Å². The number of likely N-dealkylation sites (N-methyl/N-ethyl adjacent to an activating group) is 1. The molecule has 1 saturated heterocycles. The first-order valence-electron chi connectivity index (χ1n) is 8.35. The molecule has 2 N–H and O–H groups in total. The molecule has 1 heterocycles. The number of rotatable bonds is 4. The number of hydrogen-bond acceptors (Lipinski definition) is 3. The molecule has 4 nitrogen and oxygen atoms in total. The van der Waals surface area contributed by atoms with E-state index in [4.69, 9.17) is 5.73 Å². The molecule has 4 heteroatoms. The van der Waals surface area contributed by atoms with E-state index in [-0.39, 0.29) is 12.0 Å². The van der Waals surface area contributed by atoms with Gasteiger partial charge in [-0.25, -0.2) is 0 Å². The second-order valence-corrected chi connectivity index (χ2v) is 6.64. The maximum absolute atomic E-state index is 12.7. The summed E-state index contributed by atoms with van der Waals surface area (Å²) in [5.74, 6) is 1.03. The minimum atomic E-state index is 0.0641. The Morgan fingerprint density at radius 1 is 1.25 bits per heavy atom. The van der Waals surface area contributed by atoms with Gasteiger partial charge in [-0.15, -0.1) is 0 Å². The monoisotopic (exact) mass is 281 g/mol. The Hall–Kier alpha value is -0.610. The standard InChI is InChI=1S/C16H31N3O/c1-4-18(5-2)13-8-9-19(11-13)16(20)14-10-12(3)6-7-15(14)17/h12-15H,4-11,17H2,1-3H3. The SMILES string of the molecule is CCN(CC)C1CCN(C(=O)C2CC(C)CCC2N)C1. The molecular weight excluding hydrogens is 250 g/mol. The predicted octanol–water partition coefficient (Wildman–Crippen LogP) is 1.69. The number of carbonyl (C=O) groups excluding carboxylic acids is 1. The Morgan fingerprint density at radius 3 is 2.60 bits per heavy atom. The van der Waals surface area contributed by atoms with Gasteiger partial charge >= 0.3 is 0 Å². The van der Waals surface area contributed by atoms with Gasteiger partial charge in [0.1, 0.15) is 0 Å². The largest absolute Gasteiger partial charge is 0.341 e. The van der Waals surface area contributed by atoms with Crippen molar-refractivity contribution in [3.8, 4) is 0 Å². The molecule has 1 aliphatic heterocycles. The highest BCUT2D eigenvalue weighted by Gasteiger charge is 2.37. The van der Waals surface area contributed by atoms with Crippen LogP contribution in [0, 0.1) is 11.8 Å². The van der Waals surface area contributed by atoms with Crippen molar-refractivity contribution in [3.63, 3.8) is 0 Å². The van der Waals surface area contributed by atoms with Crippen LogP contribution in [0.4, 0.5) is 0 Å². The van der Waals surface area contributed by atoms with E-state index in [0.29, 0.717) is 17.9 Å². The average Bonchev–Trinajstić information content (AvgIpc) is 2.92. The van der Waals surface area contributed by atoms with Crippen LogP contribution in [0.2, 0.25) is 0 Å². The molecule has 0 spiro atoms. The highest BCUT2D eigenvalue weighted by molar-refractivity contribution is 5.80. The first kappa shape index (κ1) is 15.8. The van der Waals surface area contributed by atoms with Crippen LogP contribution in [0.5, 0.6) is 0 Å². The summed E-state index contributed by atoms with van der Waals surface area (Å²) in [5, 5.41) is 0. The Morgan fingerprint density at radius 2 is 1.95 bits per heavy atom. The Labute approximate surface area is 123 Å². The van der Waals surface area contributed by atoms with Crippen LogP contribution in [0.1, 0.15) is 46.5 Å². The quantitative estimate of drug-likeness (QED) is 0.853. The van der Waals surface area contributed by atoms with Gasteiger partial charge in [-0.05, 0) is 44.7 Å². The summed E-state index contributed by atoms with van der Waals surface area (Å²) in [6, 6.07) is 0.623. The summed E-state index contributed by atoms with van der Waals surface area (Å²) >= 11 is 0. The summed E-state index contributed by atoms with van der Waals surface area (Å²) in [5.41, 5.74) is 6.20. The van der Waals surface area contributed by atoms with Crippen LogP contribution >= 0.6 is 0 Å². The lowest BCUT2D eigenvalue weighted by Crippen LogP contribution is -2.47. The summed E-state index contributed by atoms with van der Waals surface area (Å²) in [4.78, 5) is 17.3. The molecule has 2 aliphatic rings. The number of amides is 1. The third-order valence-corrected chi connectivity index (χ3v) is 5.29. The van der Waals surface area contributed by atoms with Crippen molar-refractivity contribution in [1.82, 2.24) is 9.80 Å². The van der Waals surface area contributed by atoms with Crippen molar-refractivity contribution >= 4 is 5.91 Å². The van der Waals surface area contributed by atoms with Gasteiger partial charge in [-0.3, -0.25) is 9.69 Å². The van der Waals surface area contributed by atoms with E-state index >= 15 is 0 Å². The Kier molecular flexibility index (Phi) is 5.44. The maximum Gasteiger partial charge on any atom is 0.227 e. The van der Waals surface area contributed by atoms with Crippen LogP contribution in [0.3, 0.4) is 0 Å². The molecule has 0 aromatic heterocycles. The molecular formula is C16H31N3O. The maximum atomic E-state index is 12.7. The van der Waals surface area contributed by atoms with Gasteiger partial charge in [0.25, 0.3) is 0 Å². The van der Waals surface area contributed by atoms with Crippen LogP contribution in [0.25, 0.3) is 0 Å². The van der Waals surface area contributed by atoms with Crippen molar-refractivity contribution in [2.24, 2.45) is 17.6 Å². The van der Waals surface area contributed by atoms with Crippen molar-refractivity contribution in [2.75, 3.05) is 26.2 Å². The van der Waals surface area contributed by atoms with Crippen molar-refractivity contribution in [1.29, 1.82) is 0 Å². The van der Waals surface area contributed by atoms with Gasteiger partial charge in [0, 0.05) is 25.2 Å². The summed E-state index contributed by atoms with van der Waals surface area (Å²) in [7, 11) is 0. The van der Waals surface area contributed by atoms with E-state index in [2.05, 4.69) is 30.6 Å². The zero-order valence-electron chi connectivity index (χ0n) is 13.3. The number of nitrogens with two attached hydrogens (primary N) is 1. The van der Waals surface area contributed by atoms with E-state index in [9.17, 15) is 4.79 Å². The first-order chi connectivity index (χ1) is 9.56. The molecule has 1 saturated carbocycles. The molecule has 0 radical (unpaired) electrons. The molecule has 2 fully saturated rings. The second kappa shape index (κ2) is 6.90. The van der Waals surface area contributed by atoms with E-state index < -0.39 is 0 Å². The van der Waals surface area contributed by atoms with E-state index in [1.54, 1.807) is 0 Å². The fraction of sp³-hybridized carbons (Fsp3) is 0.938. The number of hydrogen-bond donors (Lipinski definition) is 1. The summed E-state index contributed by atoms with van der Waals surface area (Å²) in [6.45, 7) is 10.6. The average molecular weight is 281 g/mol. The minimum absolute atomic E-state index is 0.0641. The molecule has 1 aliphatic carbocycles. The molecule has 0 aromatic carbocycles. The fourth-order valence-electron chi connectivity index (χ4n) is 3.90. The van der Waals surface area contributed by atoms with E-state index in [1.807, 2.05) is 0 Å².